The fourth-order valence-electron chi connectivity index (χ4n) is 3.21. The molecule has 2 aliphatic carbocycles. The number of aryl methyl sites for hydroxylation is 2. The number of hydrogen-bond acceptors (Lipinski definition) is 4. The van der Waals surface area contributed by atoms with Gasteiger partial charge in [0.05, 0.1) is 0 Å². The Hall–Kier alpha value is -1.00. The minimum Gasteiger partial charge on any atom is -0.370 e. The summed E-state index contributed by atoms with van der Waals surface area (Å²) in [6.07, 6.45) is 5.84. The second-order valence-electron chi connectivity index (χ2n) is 6.15. The van der Waals surface area contributed by atoms with Crippen molar-refractivity contribution in [2.24, 2.45) is 17.6 Å². The summed E-state index contributed by atoms with van der Waals surface area (Å²) >= 11 is 0. The van der Waals surface area contributed by atoms with Crippen molar-refractivity contribution in [3.05, 3.63) is 22.8 Å². The Kier molecular flexibility index (Phi) is 4.03. The molecule has 20 heavy (non-hydrogen) atoms. The zero-order valence-electron chi connectivity index (χ0n) is 12.6. The number of ether oxygens (including phenoxy) is 1. The SMILES string of the molecule is CCOC(c1nc(C)c2c(n1)CCC(CN)C2)C1CC1. The van der Waals surface area contributed by atoms with Gasteiger partial charge in [0.1, 0.15) is 6.10 Å². The van der Waals surface area contributed by atoms with Crippen molar-refractivity contribution < 1.29 is 4.74 Å². The summed E-state index contributed by atoms with van der Waals surface area (Å²) in [5, 5.41) is 0. The van der Waals surface area contributed by atoms with Crippen LogP contribution in [0.5, 0.6) is 0 Å². The van der Waals surface area contributed by atoms with Crippen LogP contribution in [0.15, 0.2) is 0 Å². The normalized spacial score (nSPS) is 23.4. The molecule has 2 atom stereocenters. The van der Waals surface area contributed by atoms with Gasteiger partial charge in [0.25, 0.3) is 0 Å². The molecule has 0 spiro atoms. The molecule has 0 radical (unpaired) electrons. The lowest BCUT2D eigenvalue weighted by Crippen LogP contribution is -2.25. The summed E-state index contributed by atoms with van der Waals surface area (Å²) in [6, 6.07) is 0. The van der Waals surface area contributed by atoms with Crippen LogP contribution < -0.4 is 5.73 Å². The van der Waals surface area contributed by atoms with Crippen LogP contribution in [0.4, 0.5) is 0 Å². The zero-order valence-corrected chi connectivity index (χ0v) is 12.6. The molecule has 1 saturated carbocycles. The summed E-state index contributed by atoms with van der Waals surface area (Å²) < 4.78 is 5.90. The number of fused-ring (bicyclic) bond motifs is 1. The van der Waals surface area contributed by atoms with Crippen molar-refractivity contribution >= 4 is 0 Å². The molecule has 3 rings (SSSR count). The van der Waals surface area contributed by atoms with Gasteiger partial charge in [0.2, 0.25) is 0 Å². The van der Waals surface area contributed by atoms with E-state index in [4.69, 9.17) is 20.4 Å². The first-order chi connectivity index (χ1) is 9.72. The van der Waals surface area contributed by atoms with Crippen LogP contribution in [0.2, 0.25) is 0 Å². The van der Waals surface area contributed by atoms with Crippen LogP contribution in [0.25, 0.3) is 0 Å². The second-order valence-corrected chi connectivity index (χ2v) is 6.15. The molecule has 0 bridgehead atoms. The Bertz CT molecular complexity index is 485. The molecule has 1 heterocycles. The standard InChI is InChI=1S/C16H25N3O/c1-3-20-15(12-5-6-12)16-18-10(2)13-8-11(9-17)4-7-14(13)19-16/h11-12,15H,3-9,17H2,1-2H3. The van der Waals surface area contributed by atoms with Crippen LogP contribution in [0.3, 0.4) is 0 Å². The Morgan fingerprint density at radius 3 is 2.75 bits per heavy atom. The van der Waals surface area contributed by atoms with Gasteiger partial charge in [0.15, 0.2) is 5.82 Å². The highest BCUT2D eigenvalue weighted by Crippen LogP contribution is 2.42. The van der Waals surface area contributed by atoms with Gasteiger partial charge in [-0.25, -0.2) is 9.97 Å². The Labute approximate surface area is 121 Å². The molecular weight excluding hydrogens is 250 g/mol. The molecule has 1 aromatic heterocycles. The monoisotopic (exact) mass is 275 g/mol. The summed E-state index contributed by atoms with van der Waals surface area (Å²) in [6.45, 7) is 5.66. The fraction of sp³-hybridized carbons (Fsp3) is 0.750. The van der Waals surface area contributed by atoms with E-state index < -0.39 is 0 Å². The van der Waals surface area contributed by atoms with E-state index >= 15 is 0 Å². The number of hydrogen-bond donors (Lipinski definition) is 1. The van der Waals surface area contributed by atoms with E-state index in [1.165, 1.54) is 24.1 Å². The predicted octanol–water partition coefficient (Wildman–Crippen LogP) is 2.34. The predicted molar refractivity (Wildman–Crippen MR) is 78.4 cm³/mol. The number of rotatable bonds is 5. The lowest BCUT2D eigenvalue weighted by Gasteiger charge is -2.25. The van der Waals surface area contributed by atoms with Crippen molar-refractivity contribution in [3.63, 3.8) is 0 Å². The summed E-state index contributed by atoms with van der Waals surface area (Å²) in [7, 11) is 0. The van der Waals surface area contributed by atoms with Gasteiger partial charge in [-0.3, -0.25) is 0 Å². The molecular formula is C16H25N3O. The van der Waals surface area contributed by atoms with Crippen LogP contribution in [-0.2, 0) is 17.6 Å². The van der Waals surface area contributed by atoms with Crippen molar-refractivity contribution in [3.8, 4) is 0 Å². The third kappa shape index (κ3) is 2.72. The first-order valence-electron chi connectivity index (χ1n) is 7.90. The van der Waals surface area contributed by atoms with Gasteiger partial charge >= 0.3 is 0 Å². The largest absolute Gasteiger partial charge is 0.370 e. The topological polar surface area (TPSA) is 61.0 Å². The van der Waals surface area contributed by atoms with E-state index in [0.717, 1.165) is 43.9 Å². The average Bonchev–Trinajstić information content (AvgIpc) is 3.29. The van der Waals surface area contributed by atoms with Gasteiger partial charge < -0.3 is 10.5 Å². The maximum Gasteiger partial charge on any atom is 0.157 e. The minimum atomic E-state index is 0.108. The van der Waals surface area contributed by atoms with Gasteiger partial charge in [-0.15, -0.1) is 0 Å². The number of nitrogens with zero attached hydrogens (tertiary/aromatic N) is 2. The number of aromatic nitrogens is 2. The van der Waals surface area contributed by atoms with Gasteiger partial charge in [-0.1, -0.05) is 0 Å². The molecule has 0 aliphatic heterocycles. The Morgan fingerprint density at radius 1 is 1.30 bits per heavy atom. The van der Waals surface area contributed by atoms with E-state index in [9.17, 15) is 0 Å². The smallest absolute Gasteiger partial charge is 0.157 e. The molecule has 0 amide bonds. The van der Waals surface area contributed by atoms with Gasteiger partial charge in [0, 0.05) is 18.0 Å². The summed E-state index contributed by atoms with van der Waals surface area (Å²) in [5.41, 5.74) is 9.52. The molecule has 2 N–H and O–H groups in total. The average molecular weight is 275 g/mol. The van der Waals surface area contributed by atoms with E-state index in [-0.39, 0.29) is 6.10 Å². The minimum absolute atomic E-state index is 0.108. The zero-order chi connectivity index (χ0) is 14.1. The lowest BCUT2D eigenvalue weighted by molar-refractivity contribution is 0.0396. The highest BCUT2D eigenvalue weighted by molar-refractivity contribution is 5.29. The Balaban J connectivity index is 1.89. The molecule has 110 valence electrons. The molecule has 0 saturated heterocycles. The maximum absolute atomic E-state index is 5.90. The first-order valence-corrected chi connectivity index (χ1v) is 7.90. The third-order valence-electron chi connectivity index (χ3n) is 4.58. The van der Waals surface area contributed by atoms with E-state index in [1.807, 2.05) is 6.92 Å². The Morgan fingerprint density at radius 2 is 2.10 bits per heavy atom. The van der Waals surface area contributed by atoms with Crippen LogP contribution >= 0.6 is 0 Å². The first kappa shape index (κ1) is 14.0. The van der Waals surface area contributed by atoms with E-state index in [1.54, 1.807) is 0 Å². The van der Waals surface area contributed by atoms with Crippen molar-refractivity contribution in [2.45, 2.75) is 52.1 Å². The summed E-state index contributed by atoms with van der Waals surface area (Å²) in [5.74, 6) is 2.14. The van der Waals surface area contributed by atoms with Crippen molar-refractivity contribution in [1.82, 2.24) is 9.97 Å². The summed E-state index contributed by atoms with van der Waals surface area (Å²) in [4.78, 5) is 9.60. The second kappa shape index (κ2) is 5.78. The molecule has 0 aromatic carbocycles. The highest BCUT2D eigenvalue weighted by atomic mass is 16.5. The maximum atomic E-state index is 5.90. The van der Waals surface area contributed by atoms with Crippen molar-refractivity contribution in [2.75, 3.05) is 13.2 Å². The van der Waals surface area contributed by atoms with Crippen LogP contribution in [0.1, 0.15) is 55.1 Å². The van der Waals surface area contributed by atoms with Crippen molar-refractivity contribution in [1.29, 1.82) is 0 Å². The van der Waals surface area contributed by atoms with Crippen LogP contribution in [-0.4, -0.2) is 23.1 Å². The molecule has 2 unspecified atom stereocenters. The quantitative estimate of drug-likeness (QED) is 0.896. The highest BCUT2D eigenvalue weighted by Gasteiger charge is 2.35. The fourth-order valence-corrected chi connectivity index (χ4v) is 3.21. The van der Waals surface area contributed by atoms with E-state index in [2.05, 4.69) is 6.92 Å². The third-order valence-corrected chi connectivity index (χ3v) is 4.58. The number of nitrogens with two attached hydrogens (primary N) is 1. The molecule has 4 heteroatoms. The molecule has 1 fully saturated rings. The lowest BCUT2D eigenvalue weighted by atomic mass is 9.86. The van der Waals surface area contributed by atoms with Crippen LogP contribution in [0, 0.1) is 18.8 Å². The molecule has 2 aliphatic rings. The van der Waals surface area contributed by atoms with E-state index in [0.29, 0.717) is 11.8 Å². The molecule has 4 nitrogen and oxygen atoms in total. The van der Waals surface area contributed by atoms with Gasteiger partial charge in [-0.05, 0) is 69.9 Å². The molecule has 1 aromatic rings. The van der Waals surface area contributed by atoms with Gasteiger partial charge in [-0.2, -0.15) is 0 Å².